The molecule has 0 heterocycles. The molecule has 0 aromatic heterocycles. The van der Waals surface area contributed by atoms with E-state index in [9.17, 15) is 4.79 Å². The highest BCUT2D eigenvalue weighted by Crippen LogP contribution is 2.13. The van der Waals surface area contributed by atoms with Gasteiger partial charge in [-0.1, -0.05) is 36.8 Å². The van der Waals surface area contributed by atoms with E-state index in [1.165, 1.54) is 5.56 Å². The summed E-state index contributed by atoms with van der Waals surface area (Å²) in [6, 6.07) is 8.18. The zero-order chi connectivity index (χ0) is 12.8. The maximum absolute atomic E-state index is 11.7. The molecule has 1 amide bonds. The van der Waals surface area contributed by atoms with Gasteiger partial charge in [0.1, 0.15) is 0 Å². The normalized spacial score (nSPS) is 14.1. The number of nitrogens with two attached hydrogens (primary N) is 1. The minimum atomic E-state index is -0.0415. The summed E-state index contributed by atoms with van der Waals surface area (Å²) in [7, 11) is 0. The number of carbonyl (C=O) groups excluding carboxylic acids is 1. The molecule has 1 aromatic rings. The largest absolute Gasteiger partial charge is 0.350 e. The molecule has 0 bridgehead atoms. The molecule has 2 unspecified atom stereocenters. The molecule has 0 radical (unpaired) electrons. The molecule has 3 nitrogen and oxygen atoms in total. The molecule has 1 aromatic carbocycles. The zero-order valence-corrected chi connectivity index (χ0v) is 10.9. The summed E-state index contributed by atoms with van der Waals surface area (Å²) in [5.41, 5.74) is 8.09. The lowest BCUT2D eigenvalue weighted by Crippen LogP contribution is -2.32. The molecular formula is C14H22N2O. The smallest absolute Gasteiger partial charge is 0.222 e. The van der Waals surface area contributed by atoms with Crippen LogP contribution in [0.5, 0.6) is 0 Å². The van der Waals surface area contributed by atoms with Gasteiger partial charge in [0, 0.05) is 12.5 Å². The average Bonchev–Trinajstić information content (AvgIpc) is 2.29. The molecule has 0 fully saturated rings. The third-order valence-corrected chi connectivity index (χ3v) is 2.93. The Hall–Kier alpha value is -1.35. The van der Waals surface area contributed by atoms with Crippen LogP contribution in [0.25, 0.3) is 0 Å². The third-order valence-electron chi connectivity index (χ3n) is 2.93. The van der Waals surface area contributed by atoms with Crippen molar-refractivity contribution in [2.24, 2.45) is 5.73 Å². The Morgan fingerprint density at radius 3 is 2.47 bits per heavy atom. The molecule has 17 heavy (non-hydrogen) atoms. The molecule has 3 heteroatoms. The minimum Gasteiger partial charge on any atom is -0.350 e. The fraction of sp³-hybridized carbons (Fsp3) is 0.500. The molecule has 2 atom stereocenters. The van der Waals surface area contributed by atoms with E-state index < -0.39 is 0 Å². The number of hydrogen-bond donors (Lipinski definition) is 2. The highest BCUT2D eigenvalue weighted by molar-refractivity contribution is 5.77. The Morgan fingerprint density at radius 1 is 1.35 bits per heavy atom. The van der Waals surface area contributed by atoms with E-state index in [0.717, 1.165) is 12.0 Å². The Balaban J connectivity index is 2.51. The topological polar surface area (TPSA) is 55.1 Å². The number of hydrogen-bond acceptors (Lipinski definition) is 2. The van der Waals surface area contributed by atoms with Crippen LogP contribution >= 0.6 is 0 Å². The van der Waals surface area contributed by atoms with Gasteiger partial charge in [0.2, 0.25) is 5.91 Å². The van der Waals surface area contributed by atoms with Gasteiger partial charge in [0.15, 0.2) is 0 Å². The van der Waals surface area contributed by atoms with Gasteiger partial charge in [0.05, 0.1) is 6.04 Å². The van der Waals surface area contributed by atoms with Crippen molar-refractivity contribution in [2.75, 3.05) is 0 Å². The Kier molecular flexibility index (Phi) is 5.16. The zero-order valence-electron chi connectivity index (χ0n) is 10.9. The summed E-state index contributed by atoms with van der Waals surface area (Å²) in [5.74, 6) is 0.0208. The van der Waals surface area contributed by atoms with Crippen molar-refractivity contribution in [1.29, 1.82) is 0 Å². The van der Waals surface area contributed by atoms with Crippen molar-refractivity contribution < 1.29 is 4.79 Å². The highest BCUT2D eigenvalue weighted by atomic mass is 16.1. The maximum Gasteiger partial charge on any atom is 0.222 e. The monoisotopic (exact) mass is 234 g/mol. The van der Waals surface area contributed by atoms with Crippen molar-refractivity contribution in [2.45, 2.75) is 45.7 Å². The summed E-state index contributed by atoms with van der Waals surface area (Å²) in [6.07, 6.45) is 1.22. The van der Waals surface area contributed by atoms with Gasteiger partial charge in [-0.3, -0.25) is 4.79 Å². The number of benzene rings is 1. The standard InChI is InChI=1S/C14H22N2O/c1-4-13(15)9-14(17)16-11(3)12-7-5-10(2)6-8-12/h5-8,11,13H,4,9,15H2,1-3H3,(H,16,17). The van der Waals surface area contributed by atoms with Gasteiger partial charge in [0.25, 0.3) is 0 Å². The second-order valence-electron chi connectivity index (χ2n) is 4.57. The lowest BCUT2D eigenvalue weighted by atomic mass is 10.1. The Bertz CT molecular complexity index is 359. The number of amides is 1. The molecule has 0 aliphatic rings. The van der Waals surface area contributed by atoms with Crippen LogP contribution in [-0.4, -0.2) is 11.9 Å². The molecule has 0 aliphatic carbocycles. The Labute approximate surface area is 103 Å². The lowest BCUT2D eigenvalue weighted by Gasteiger charge is -2.16. The quantitative estimate of drug-likeness (QED) is 0.821. The molecular weight excluding hydrogens is 212 g/mol. The summed E-state index contributed by atoms with van der Waals surface area (Å²) < 4.78 is 0. The molecule has 94 valence electrons. The van der Waals surface area contributed by atoms with Crippen molar-refractivity contribution >= 4 is 5.91 Å². The molecule has 3 N–H and O–H groups in total. The van der Waals surface area contributed by atoms with E-state index in [1.54, 1.807) is 0 Å². The molecule has 1 rings (SSSR count). The van der Waals surface area contributed by atoms with E-state index in [2.05, 4.69) is 17.4 Å². The van der Waals surface area contributed by atoms with Crippen LogP contribution in [0.3, 0.4) is 0 Å². The third kappa shape index (κ3) is 4.57. The van der Waals surface area contributed by atoms with Crippen molar-refractivity contribution in [3.63, 3.8) is 0 Å². The summed E-state index contributed by atoms with van der Waals surface area (Å²) in [5, 5.41) is 2.96. The van der Waals surface area contributed by atoms with E-state index in [0.29, 0.717) is 6.42 Å². The summed E-state index contributed by atoms with van der Waals surface area (Å²) in [6.45, 7) is 6.02. The van der Waals surface area contributed by atoms with E-state index in [1.807, 2.05) is 32.9 Å². The SMILES string of the molecule is CCC(N)CC(=O)NC(C)c1ccc(C)cc1. The lowest BCUT2D eigenvalue weighted by molar-refractivity contribution is -0.122. The first kappa shape index (κ1) is 13.7. The first-order valence-electron chi connectivity index (χ1n) is 6.14. The average molecular weight is 234 g/mol. The van der Waals surface area contributed by atoms with Gasteiger partial charge in [-0.25, -0.2) is 0 Å². The molecule has 0 saturated heterocycles. The summed E-state index contributed by atoms with van der Waals surface area (Å²) >= 11 is 0. The highest BCUT2D eigenvalue weighted by Gasteiger charge is 2.11. The van der Waals surface area contributed by atoms with Crippen molar-refractivity contribution in [1.82, 2.24) is 5.32 Å². The first-order valence-corrected chi connectivity index (χ1v) is 6.14. The molecule has 0 spiro atoms. The van der Waals surface area contributed by atoms with E-state index in [4.69, 9.17) is 5.73 Å². The molecule has 0 saturated carbocycles. The van der Waals surface area contributed by atoms with Crippen LogP contribution in [0.1, 0.15) is 43.9 Å². The van der Waals surface area contributed by atoms with Gasteiger partial charge in [-0.2, -0.15) is 0 Å². The van der Waals surface area contributed by atoms with Crippen LogP contribution in [0.15, 0.2) is 24.3 Å². The van der Waals surface area contributed by atoms with Gasteiger partial charge < -0.3 is 11.1 Å². The maximum atomic E-state index is 11.7. The van der Waals surface area contributed by atoms with E-state index in [-0.39, 0.29) is 18.0 Å². The van der Waals surface area contributed by atoms with Crippen LogP contribution < -0.4 is 11.1 Å². The van der Waals surface area contributed by atoms with Gasteiger partial charge in [-0.05, 0) is 25.8 Å². The predicted molar refractivity (Wildman–Crippen MR) is 70.6 cm³/mol. The number of carbonyl (C=O) groups is 1. The number of nitrogens with one attached hydrogen (secondary N) is 1. The van der Waals surface area contributed by atoms with Crippen LogP contribution in [0.4, 0.5) is 0 Å². The second kappa shape index (κ2) is 6.40. The molecule has 0 aliphatic heterocycles. The number of rotatable bonds is 5. The van der Waals surface area contributed by atoms with Crippen LogP contribution in [0, 0.1) is 6.92 Å². The van der Waals surface area contributed by atoms with Crippen LogP contribution in [0.2, 0.25) is 0 Å². The van der Waals surface area contributed by atoms with Gasteiger partial charge >= 0.3 is 0 Å². The van der Waals surface area contributed by atoms with Crippen molar-refractivity contribution in [3.05, 3.63) is 35.4 Å². The predicted octanol–water partition coefficient (Wildman–Crippen LogP) is 2.30. The summed E-state index contributed by atoms with van der Waals surface area (Å²) in [4.78, 5) is 11.7. The second-order valence-corrected chi connectivity index (χ2v) is 4.57. The van der Waals surface area contributed by atoms with Crippen molar-refractivity contribution in [3.8, 4) is 0 Å². The van der Waals surface area contributed by atoms with Gasteiger partial charge in [-0.15, -0.1) is 0 Å². The van der Waals surface area contributed by atoms with Crippen LogP contribution in [-0.2, 0) is 4.79 Å². The fourth-order valence-corrected chi connectivity index (χ4v) is 1.62. The number of aryl methyl sites for hydroxylation is 1. The minimum absolute atomic E-state index is 0.0208. The Morgan fingerprint density at radius 2 is 1.94 bits per heavy atom. The first-order chi connectivity index (χ1) is 8.02. The van der Waals surface area contributed by atoms with E-state index >= 15 is 0 Å². The fourth-order valence-electron chi connectivity index (χ4n) is 1.62.